The van der Waals surface area contributed by atoms with Crippen LogP contribution in [0.25, 0.3) is 0 Å². The molecule has 0 saturated heterocycles. The summed E-state index contributed by atoms with van der Waals surface area (Å²) in [5, 5.41) is 7.47. The first-order valence-corrected chi connectivity index (χ1v) is 3.60. The van der Waals surface area contributed by atoms with Gasteiger partial charge in [0.1, 0.15) is 6.61 Å². The lowest BCUT2D eigenvalue weighted by atomic mass is 10.6. The second kappa shape index (κ2) is 3.94. The number of aromatic nitrogens is 3. The van der Waals surface area contributed by atoms with Crippen molar-refractivity contribution >= 4 is 11.5 Å². The predicted molar refractivity (Wildman–Crippen MR) is 38.0 cm³/mol. The molecule has 4 nitrogen and oxygen atoms in total. The zero-order valence-electron chi connectivity index (χ0n) is 5.52. The van der Waals surface area contributed by atoms with Gasteiger partial charge < -0.3 is 4.74 Å². The van der Waals surface area contributed by atoms with Gasteiger partial charge in [-0.05, 0) is 12.1 Å². The van der Waals surface area contributed by atoms with Gasteiger partial charge in [0.15, 0.2) is 0 Å². The summed E-state index contributed by atoms with van der Waals surface area (Å²) in [5.41, 5.74) is 0. The minimum absolute atomic E-state index is 0.512. The van der Waals surface area contributed by atoms with Gasteiger partial charge in [-0.15, -0.1) is 0 Å². The van der Waals surface area contributed by atoms with E-state index in [1.807, 2.05) is 19.1 Å². The first kappa shape index (κ1) is 7.14. The maximum atomic E-state index is 5.08. The number of hydrogen-bond donors (Lipinski definition) is 0. The highest BCUT2D eigenvalue weighted by atomic mass is 32.1. The van der Waals surface area contributed by atoms with Crippen molar-refractivity contribution < 1.29 is 4.74 Å². The van der Waals surface area contributed by atoms with Crippen molar-refractivity contribution in [3.63, 3.8) is 0 Å². The molecular formula is C5H7N3OS. The monoisotopic (exact) mass is 157 g/mol. The summed E-state index contributed by atoms with van der Waals surface area (Å²) >= 11 is 1.15. The zero-order chi connectivity index (χ0) is 7.23. The predicted octanol–water partition coefficient (Wildman–Crippen LogP) is 0.888. The van der Waals surface area contributed by atoms with Crippen LogP contribution >= 0.6 is 11.5 Å². The Balaban J connectivity index is 2.28. The van der Waals surface area contributed by atoms with E-state index in [0.29, 0.717) is 11.8 Å². The number of nitrogens with zero attached hydrogens (tertiary/aromatic N) is 3. The van der Waals surface area contributed by atoms with Gasteiger partial charge in [-0.3, -0.25) is 0 Å². The van der Waals surface area contributed by atoms with Crippen LogP contribution in [0.3, 0.4) is 0 Å². The fraction of sp³-hybridized carbons (Fsp3) is 0.400. The minimum atomic E-state index is 0.512. The molecule has 0 radical (unpaired) electrons. The third kappa shape index (κ3) is 2.10. The molecule has 0 atom stereocenters. The van der Waals surface area contributed by atoms with Gasteiger partial charge in [-0.1, -0.05) is 21.7 Å². The summed E-state index contributed by atoms with van der Waals surface area (Å²) in [6.07, 6.45) is 3.80. The van der Waals surface area contributed by atoms with Gasteiger partial charge >= 0.3 is 5.19 Å². The third-order valence-corrected chi connectivity index (χ3v) is 1.33. The first-order chi connectivity index (χ1) is 4.93. The number of allylic oxidation sites excluding steroid dienone is 1. The molecule has 0 amide bonds. The Morgan fingerprint density at radius 3 is 3.20 bits per heavy atom. The van der Waals surface area contributed by atoms with Crippen molar-refractivity contribution in [2.75, 3.05) is 6.61 Å². The lowest BCUT2D eigenvalue weighted by Gasteiger charge is -1.91. The van der Waals surface area contributed by atoms with Crippen LogP contribution in [0.4, 0.5) is 0 Å². The highest BCUT2D eigenvalue weighted by molar-refractivity contribution is 7.07. The maximum Gasteiger partial charge on any atom is 0.314 e. The summed E-state index contributed by atoms with van der Waals surface area (Å²) in [6.45, 7) is 2.47. The SMILES string of the molecule is C/C=C/COc1nnns1. The highest BCUT2D eigenvalue weighted by Gasteiger charge is 1.93. The summed E-state index contributed by atoms with van der Waals surface area (Å²) in [4.78, 5) is 0. The van der Waals surface area contributed by atoms with Crippen LogP contribution < -0.4 is 4.74 Å². The fourth-order valence-corrected chi connectivity index (χ4v) is 0.734. The molecule has 10 heavy (non-hydrogen) atoms. The lowest BCUT2D eigenvalue weighted by Crippen LogP contribution is -1.91. The largest absolute Gasteiger partial charge is 0.464 e. The Labute approximate surface area is 62.7 Å². The standard InChI is InChI=1S/C5H7N3OS/c1-2-3-4-9-5-6-7-8-10-5/h2-3H,4H2,1H3/b3-2+. The highest BCUT2D eigenvalue weighted by Crippen LogP contribution is 2.07. The topological polar surface area (TPSA) is 47.9 Å². The van der Waals surface area contributed by atoms with Crippen molar-refractivity contribution in [2.24, 2.45) is 0 Å². The van der Waals surface area contributed by atoms with Crippen molar-refractivity contribution in [2.45, 2.75) is 6.92 Å². The molecule has 54 valence electrons. The Morgan fingerprint density at radius 2 is 2.60 bits per heavy atom. The smallest absolute Gasteiger partial charge is 0.314 e. The molecule has 1 heterocycles. The molecule has 0 N–H and O–H groups in total. The van der Waals surface area contributed by atoms with Crippen LogP contribution in [0.5, 0.6) is 5.19 Å². The molecule has 0 aromatic carbocycles. The van der Waals surface area contributed by atoms with E-state index in [2.05, 4.69) is 14.8 Å². The molecule has 0 spiro atoms. The zero-order valence-corrected chi connectivity index (χ0v) is 6.34. The molecule has 0 aliphatic rings. The first-order valence-electron chi connectivity index (χ1n) is 2.82. The average molecular weight is 157 g/mol. The van der Waals surface area contributed by atoms with Crippen LogP contribution in [0.15, 0.2) is 12.2 Å². The van der Waals surface area contributed by atoms with Crippen molar-refractivity contribution in [1.29, 1.82) is 0 Å². The van der Waals surface area contributed by atoms with Gasteiger partial charge in [0.2, 0.25) is 0 Å². The second-order valence-electron chi connectivity index (χ2n) is 1.51. The molecular weight excluding hydrogens is 150 g/mol. The van der Waals surface area contributed by atoms with Crippen LogP contribution in [0, 0.1) is 0 Å². The van der Waals surface area contributed by atoms with Gasteiger partial charge in [0.05, 0.1) is 0 Å². The fourth-order valence-electron chi connectivity index (χ4n) is 0.397. The van der Waals surface area contributed by atoms with E-state index in [1.54, 1.807) is 0 Å². The van der Waals surface area contributed by atoms with Crippen LogP contribution in [0.2, 0.25) is 0 Å². The van der Waals surface area contributed by atoms with E-state index >= 15 is 0 Å². The Bertz CT molecular complexity index is 197. The Kier molecular flexibility index (Phi) is 2.82. The van der Waals surface area contributed by atoms with E-state index in [-0.39, 0.29) is 0 Å². The molecule has 1 rings (SSSR count). The van der Waals surface area contributed by atoms with E-state index in [0.717, 1.165) is 11.5 Å². The third-order valence-electron chi connectivity index (χ3n) is 0.821. The molecule has 0 aliphatic carbocycles. The summed E-state index contributed by atoms with van der Waals surface area (Å²) in [5.74, 6) is 0. The van der Waals surface area contributed by atoms with E-state index < -0.39 is 0 Å². The van der Waals surface area contributed by atoms with Gasteiger partial charge in [0.25, 0.3) is 0 Å². The van der Waals surface area contributed by atoms with Crippen LogP contribution in [-0.2, 0) is 0 Å². The van der Waals surface area contributed by atoms with E-state index in [1.165, 1.54) is 0 Å². The number of ether oxygens (including phenoxy) is 1. The lowest BCUT2D eigenvalue weighted by molar-refractivity contribution is 0.357. The molecule has 5 heteroatoms. The molecule has 1 aromatic rings. The Hall–Kier alpha value is -0.970. The Morgan fingerprint density at radius 1 is 1.70 bits per heavy atom. The van der Waals surface area contributed by atoms with E-state index in [4.69, 9.17) is 4.74 Å². The van der Waals surface area contributed by atoms with Crippen LogP contribution in [0.1, 0.15) is 6.92 Å². The summed E-state index contributed by atoms with van der Waals surface area (Å²) in [7, 11) is 0. The van der Waals surface area contributed by atoms with Gasteiger partial charge in [-0.25, -0.2) is 0 Å². The van der Waals surface area contributed by atoms with E-state index in [9.17, 15) is 0 Å². The minimum Gasteiger partial charge on any atom is -0.464 e. The molecule has 0 aliphatic heterocycles. The second-order valence-corrected chi connectivity index (χ2v) is 2.20. The number of hydrogen-bond acceptors (Lipinski definition) is 5. The summed E-state index contributed by atoms with van der Waals surface area (Å²) in [6, 6.07) is 0. The quantitative estimate of drug-likeness (QED) is 0.611. The summed E-state index contributed by atoms with van der Waals surface area (Å²) < 4.78 is 8.61. The molecule has 0 saturated carbocycles. The van der Waals surface area contributed by atoms with Gasteiger partial charge in [0, 0.05) is 11.5 Å². The molecule has 0 unspecified atom stereocenters. The van der Waals surface area contributed by atoms with Crippen LogP contribution in [-0.4, -0.2) is 21.4 Å². The van der Waals surface area contributed by atoms with Gasteiger partial charge in [-0.2, -0.15) is 0 Å². The van der Waals surface area contributed by atoms with Crippen molar-refractivity contribution in [3.05, 3.63) is 12.2 Å². The molecule has 0 bridgehead atoms. The average Bonchev–Trinajstić information content (AvgIpc) is 2.41. The molecule has 0 fully saturated rings. The number of rotatable bonds is 3. The molecule has 1 aromatic heterocycles. The van der Waals surface area contributed by atoms with Crippen molar-refractivity contribution in [1.82, 2.24) is 14.8 Å². The normalized spacial score (nSPS) is 10.5. The maximum absolute atomic E-state index is 5.08. The van der Waals surface area contributed by atoms with Crippen molar-refractivity contribution in [3.8, 4) is 5.19 Å².